The minimum Gasteiger partial charge on any atom is -0.444 e. The number of hydrogen-bond donors (Lipinski definition) is 1. The second kappa shape index (κ2) is 5.82. The second-order valence-electron chi connectivity index (χ2n) is 7.75. The van der Waals surface area contributed by atoms with E-state index >= 15 is 0 Å². The van der Waals surface area contributed by atoms with Crippen molar-refractivity contribution in [3.05, 3.63) is 17.5 Å². The highest BCUT2D eigenvalue weighted by atomic mass is 16.6. The van der Waals surface area contributed by atoms with Crippen LogP contribution in [0.4, 0.5) is 4.79 Å². The van der Waals surface area contributed by atoms with Crippen molar-refractivity contribution in [3.8, 4) is 0 Å². The number of nitrogens with zero attached hydrogens (tertiary/aromatic N) is 2. The molecule has 1 unspecified atom stereocenters. The van der Waals surface area contributed by atoms with E-state index in [1.165, 1.54) is 6.42 Å². The van der Waals surface area contributed by atoms with Crippen LogP contribution in [-0.2, 0) is 11.3 Å². The summed E-state index contributed by atoms with van der Waals surface area (Å²) >= 11 is 0. The molecule has 1 saturated carbocycles. The molecule has 2 heterocycles. The van der Waals surface area contributed by atoms with E-state index in [2.05, 4.69) is 10.5 Å². The number of aryl methyl sites for hydroxylation is 1. The molecule has 1 amide bonds. The molecule has 0 aromatic carbocycles. The third kappa shape index (κ3) is 3.22. The van der Waals surface area contributed by atoms with Gasteiger partial charge in [-0.2, -0.15) is 0 Å². The van der Waals surface area contributed by atoms with Crippen LogP contribution in [-0.4, -0.2) is 39.9 Å². The molecule has 23 heavy (non-hydrogen) atoms. The Balaban J connectivity index is 1.65. The smallest absolute Gasteiger partial charge is 0.410 e. The van der Waals surface area contributed by atoms with E-state index in [0.717, 1.165) is 37.3 Å². The fraction of sp³-hybridized carbons (Fsp3) is 0.765. The molecule has 6 heteroatoms. The molecule has 1 aromatic rings. The van der Waals surface area contributed by atoms with Gasteiger partial charge in [0.2, 0.25) is 0 Å². The standard InChI is InChI=1S/C17H27N3O3/c1-12-10-13(23-19-12)11-18-14-6-9-20(17(14)7-5-8-17)15(21)22-16(2,3)4/h10,14,18H,5-9,11H2,1-4H3. The predicted octanol–water partition coefficient (Wildman–Crippen LogP) is 3.00. The van der Waals surface area contributed by atoms with Gasteiger partial charge in [-0.15, -0.1) is 0 Å². The van der Waals surface area contributed by atoms with E-state index in [1.54, 1.807) is 0 Å². The average molecular weight is 321 g/mol. The van der Waals surface area contributed by atoms with Crippen molar-refractivity contribution in [1.29, 1.82) is 0 Å². The Labute approximate surface area is 137 Å². The first-order valence-electron chi connectivity index (χ1n) is 8.46. The maximum atomic E-state index is 12.5. The van der Waals surface area contributed by atoms with E-state index in [9.17, 15) is 4.79 Å². The molecule has 1 aliphatic heterocycles. The molecule has 2 aliphatic rings. The van der Waals surface area contributed by atoms with Crippen molar-refractivity contribution >= 4 is 6.09 Å². The van der Waals surface area contributed by atoms with Crippen LogP contribution in [0, 0.1) is 6.92 Å². The second-order valence-corrected chi connectivity index (χ2v) is 7.75. The van der Waals surface area contributed by atoms with Crippen molar-refractivity contribution in [2.24, 2.45) is 0 Å². The molecule has 1 atom stereocenters. The third-order valence-electron chi connectivity index (χ3n) is 4.86. The van der Waals surface area contributed by atoms with Gasteiger partial charge in [0, 0.05) is 18.7 Å². The first-order chi connectivity index (χ1) is 10.8. The molecule has 3 rings (SSSR count). The molecule has 0 radical (unpaired) electrons. The van der Waals surface area contributed by atoms with Gasteiger partial charge >= 0.3 is 6.09 Å². The topological polar surface area (TPSA) is 67.6 Å². The van der Waals surface area contributed by atoms with Gasteiger partial charge in [0.25, 0.3) is 0 Å². The molecule has 128 valence electrons. The monoisotopic (exact) mass is 321 g/mol. The number of amides is 1. The molecule has 1 aliphatic carbocycles. The maximum absolute atomic E-state index is 12.5. The predicted molar refractivity (Wildman–Crippen MR) is 86.0 cm³/mol. The lowest BCUT2D eigenvalue weighted by Gasteiger charge is -2.49. The quantitative estimate of drug-likeness (QED) is 0.927. The summed E-state index contributed by atoms with van der Waals surface area (Å²) in [6.07, 6.45) is 4.02. The molecule has 2 fully saturated rings. The molecule has 1 aromatic heterocycles. The number of carbonyl (C=O) groups is 1. The fourth-order valence-corrected chi connectivity index (χ4v) is 3.70. The van der Waals surface area contributed by atoms with Crippen molar-refractivity contribution in [2.75, 3.05) is 6.54 Å². The highest BCUT2D eigenvalue weighted by Gasteiger charge is 2.55. The number of hydrogen-bond acceptors (Lipinski definition) is 5. The summed E-state index contributed by atoms with van der Waals surface area (Å²) < 4.78 is 10.9. The lowest BCUT2D eigenvalue weighted by molar-refractivity contribution is -0.0167. The van der Waals surface area contributed by atoms with Gasteiger partial charge in [-0.1, -0.05) is 5.16 Å². The van der Waals surface area contributed by atoms with Crippen molar-refractivity contribution in [2.45, 2.75) is 77.1 Å². The summed E-state index contributed by atoms with van der Waals surface area (Å²) in [6, 6.07) is 2.23. The lowest BCUT2D eigenvalue weighted by atomic mass is 9.72. The SMILES string of the molecule is Cc1cc(CNC2CCN(C(=O)OC(C)(C)C)C23CCC3)on1. The van der Waals surface area contributed by atoms with Crippen LogP contribution in [0.2, 0.25) is 0 Å². The van der Waals surface area contributed by atoms with Gasteiger partial charge in [0.05, 0.1) is 17.8 Å². The lowest BCUT2D eigenvalue weighted by Crippen LogP contribution is -2.61. The Morgan fingerprint density at radius 1 is 1.52 bits per heavy atom. The van der Waals surface area contributed by atoms with Gasteiger partial charge in [-0.05, 0) is 53.4 Å². The summed E-state index contributed by atoms with van der Waals surface area (Å²) in [5, 5.41) is 7.48. The molecular formula is C17H27N3O3. The number of rotatable bonds is 3. The first kappa shape index (κ1) is 16.3. The zero-order valence-electron chi connectivity index (χ0n) is 14.5. The van der Waals surface area contributed by atoms with Crippen molar-refractivity contribution < 1.29 is 14.1 Å². The molecule has 1 N–H and O–H groups in total. The summed E-state index contributed by atoms with van der Waals surface area (Å²) in [7, 11) is 0. The normalized spacial score (nSPS) is 23.1. The Morgan fingerprint density at radius 3 is 2.78 bits per heavy atom. The molecule has 6 nitrogen and oxygen atoms in total. The van der Waals surface area contributed by atoms with E-state index in [1.807, 2.05) is 38.7 Å². The van der Waals surface area contributed by atoms with Crippen LogP contribution < -0.4 is 5.32 Å². The third-order valence-corrected chi connectivity index (χ3v) is 4.86. The van der Waals surface area contributed by atoms with Gasteiger partial charge in [-0.25, -0.2) is 4.79 Å². The van der Waals surface area contributed by atoms with Gasteiger partial charge in [-0.3, -0.25) is 0 Å². The zero-order valence-corrected chi connectivity index (χ0v) is 14.5. The van der Waals surface area contributed by atoms with Gasteiger partial charge in [0.15, 0.2) is 5.76 Å². The van der Waals surface area contributed by atoms with Crippen molar-refractivity contribution in [3.63, 3.8) is 0 Å². The van der Waals surface area contributed by atoms with Crippen molar-refractivity contribution in [1.82, 2.24) is 15.4 Å². The Kier molecular flexibility index (Phi) is 4.12. The summed E-state index contributed by atoms with van der Waals surface area (Å²) in [6.45, 7) is 9.06. The summed E-state index contributed by atoms with van der Waals surface area (Å²) in [4.78, 5) is 14.5. The molecular weight excluding hydrogens is 294 g/mol. The number of ether oxygens (including phenoxy) is 1. The van der Waals surface area contributed by atoms with Crippen LogP contribution in [0.5, 0.6) is 0 Å². The highest BCUT2D eigenvalue weighted by Crippen LogP contribution is 2.46. The fourth-order valence-electron chi connectivity index (χ4n) is 3.70. The highest BCUT2D eigenvalue weighted by molar-refractivity contribution is 5.70. The van der Waals surface area contributed by atoms with E-state index in [-0.39, 0.29) is 17.7 Å². The van der Waals surface area contributed by atoms with Gasteiger partial charge in [0.1, 0.15) is 5.60 Å². The van der Waals surface area contributed by atoms with Crippen LogP contribution in [0.1, 0.15) is 57.9 Å². The number of carbonyl (C=O) groups excluding carboxylic acids is 1. The molecule has 0 bridgehead atoms. The van der Waals surface area contributed by atoms with Crippen LogP contribution >= 0.6 is 0 Å². The summed E-state index contributed by atoms with van der Waals surface area (Å²) in [5.41, 5.74) is 0.351. The first-order valence-corrected chi connectivity index (χ1v) is 8.46. The number of aromatic nitrogens is 1. The summed E-state index contributed by atoms with van der Waals surface area (Å²) in [5.74, 6) is 0.840. The largest absolute Gasteiger partial charge is 0.444 e. The Hall–Kier alpha value is -1.56. The number of likely N-dealkylation sites (tertiary alicyclic amines) is 1. The minimum absolute atomic E-state index is 0.0859. The van der Waals surface area contributed by atoms with E-state index in [0.29, 0.717) is 6.54 Å². The average Bonchev–Trinajstić information content (AvgIpc) is 2.96. The zero-order chi connectivity index (χ0) is 16.7. The van der Waals surface area contributed by atoms with Gasteiger partial charge < -0.3 is 19.5 Å². The maximum Gasteiger partial charge on any atom is 0.410 e. The Bertz CT molecular complexity index is 572. The van der Waals surface area contributed by atoms with E-state index in [4.69, 9.17) is 9.26 Å². The molecule has 1 spiro atoms. The van der Waals surface area contributed by atoms with Crippen LogP contribution in [0.25, 0.3) is 0 Å². The number of nitrogens with one attached hydrogen (secondary N) is 1. The minimum atomic E-state index is -0.453. The van der Waals surface area contributed by atoms with Crippen LogP contribution in [0.15, 0.2) is 10.6 Å². The Morgan fingerprint density at radius 2 is 2.26 bits per heavy atom. The van der Waals surface area contributed by atoms with Crippen LogP contribution in [0.3, 0.4) is 0 Å². The molecule has 1 saturated heterocycles. The van der Waals surface area contributed by atoms with E-state index < -0.39 is 5.60 Å².